The second-order valence-electron chi connectivity index (χ2n) is 2.22. The summed E-state index contributed by atoms with van der Waals surface area (Å²) in [5, 5.41) is 0. The van der Waals surface area contributed by atoms with Gasteiger partial charge >= 0.3 is 57.9 Å². The summed E-state index contributed by atoms with van der Waals surface area (Å²) in [6.07, 6.45) is 3.83. The molecule has 0 aliphatic rings. The van der Waals surface area contributed by atoms with Gasteiger partial charge in [-0.05, 0) is 0 Å². The minimum Gasteiger partial charge on any atom is -0.759 e. The van der Waals surface area contributed by atoms with Crippen LogP contribution in [-0.2, 0) is 31.2 Å². The van der Waals surface area contributed by atoms with E-state index in [4.69, 9.17) is 52.6 Å². The molecule has 0 aliphatic heterocycles. The van der Waals surface area contributed by atoms with E-state index in [9.17, 15) is 0 Å². The molecule has 0 fully saturated rings. The molecule has 0 unspecified atom stereocenters. The number of hydrogen-bond acceptors (Lipinski definition) is 12. The summed E-state index contributed by atoms with van der Waals surface area (Å²) in [5.41, 5.74) is 3.61. The van der Waals surface area contributed by atoms with Gasteiger partial charge < -0.3 is 27.3 Å². The van der Waals surface area contributed by atoms with Crippen LogP contribution in [0.15, 0.2) is 23.6 Å². The van der Waals surface area contributed by atoms with Crippen molar-refractivity contribution in [3.8, 4) is 0 Å². The van der Waals surface area contributed by atoms with Gasteiger partial charge in [0.1, 0.15) is 0 Å². The average Bonchev–Trinajstić information content (AvgIpc) is 2.22. The van der Waals surface area contributed by atoms with E-state index in [1.807, 2.05) is 26.0 Å². The molecule has 0 saturated heterocycles. The zero-order valence-corrected chi connectivity index (χ0v) is 15.9. The third kappa shape index (κ3) is 3530. The third-order valence-corrected chi connectivity index (χ3v) is 1.00. The van der Waals surface area contributed by atoms with Crippen LogP contribution in [0.3, 0.4) is 0 Å². The summed E-state index contributed by atoms with van der Waals surface area (Å²) in [7, 11) is -9.29. The van der Waals surface area contributed by atoms with Crippen LogP contribution in [0.4, 0.5) is 0 Å². The summed E-state index contributed by atoms with van der Waals surface area (Å²) in [5.74, 6) is 0. The van der Waals surface area contributed by atoms with Gasteiger partial charge in [0, 0.05) is 31.2 Å². The van der Waals surface area contributed by atoms with Crippen molar-refractivity contribution in [3.05, 3.63) is 23.6 Å². The first-order valence-corrected chi connectivity index (χ1v) is 9.55. The van der Waals surface area contributed by atoms with Gasteiger partial charge in [0.05, 0.1) is 0 Å². The van der Waals surface area contributed by atoms with E-state index in [0.29, 0.717) is 0 Å². The van der Waals surface area contributed by atoms with E-state index >= 15 is 0 Å². The van der Waals surface area contributed by atoms with Crippen LogP contribution in [-0.4, -0.2) is 73.1 Å². The van der Waals surface area contributed by atoms with Crippen molar-refractivity contribution < 1.29 is 52.6 Å². The first kappa shape index (κ1) is 34.0. The Morgan fingerprint density at radius 2 is 0.609 bits per heavy atom. The Balaban J connectivity index is -0.0000000589. The van der Waals surface area contributed by atoms with Crippen molar-refractivity contribution in [1.82, 2.24) is 0 Å². The van der Waals surface area contributed by atoms with Crippen molar-refractivity contribution in [2.45, 2.75) is 13.8 Å². The second-order valence-corrected chi connectivity index (χ2v) is 5.34. The van der Waals surface area contributed by atoms with Crippen LogP contribution in [0.2, 0.25) is 0 Å². The molecule has 23 heavy (non-hydrogen) atoms. The summed E-state index contributed by atoms with van der Waals surface area (Å²) < 4.78 is 102. The van der Waals surface area contributed by atoms with E-state index in [1.165, 1.54) is 0 Å². The van der Waals surface area contributed by atoms with E-state index in [1.54, 1.807) is 11.4 Å². The summed E-state index contributed by atoms with van der Waals surface area (Å²) in [6.45, 7) is 3.90. The van der Waals surface area contributed by atoms with Gasteiger partial charge in [0.15, 0.2) is 0 Å². The molecule has 0 atom stereocenters. The molecule has 0 spiro atoms. The Labute approximate surface area is 141 Å². The quantitative estimate of drug-likeness (QED) is 0.219. The van der Waals surface area contributed by atoms with Crippen LogP contribution in [0.5, 0.6) is 0 Å². The Morgan fingerprint density at radius 3 is 0.609 bits per heavy atom. The van der Waals surface area contributed by atoms with Crippen LogP contribution in [0, 0.1) is 0 Å². The van der Waals surface area contributed by atoms with Crippen molar-refractivity contribution in [1.29, 1.82) is 0 Å². The van der Waals surface area contributed by atoms with Gasteiger partial charge in [0.25, 0.3) is 0 Å². The molecular weight excluding hydrogens is 416 g/mol. The molecule has 17 heteroatoms. The molecule has 0 N–H and O–H groups in total. The fourth-order valence-corrected chi connectivity index (χ4v) is 0. The Kier molecular flexibility index (Phi) is 28.9. The maximum atomic E-state index is 8.52. The summed E-state index contributed by atoms with van der Waals surface area (Å²) >= 11 is 0. The molecule has 0 aliphatic carbocycles. The SMILES string of the molecule is CC=C[Si+3].CC=C[Si+3].O=S(=O)([O-])[O-].O=S(=O)([O-])[O-].O=S(=O)([O-])[O-]. The molecule has 0 aromatic heterocycles. The summed E-state index contributed by atoms with van der Waals surface area (Å²) in [4.78, 5) is 0. The molecular formula is C6H10O12S3Si2. The van der Waals surface area contributed by atoms with Gasteiger partial charge in [-0.2, -0.15) is 0 Å². The monoisotopic (exact) mass is 426 g/mol. The van der Waals surface area contributed by atoms with Crippen molar-refractivity contribution in [2.24, 2.45) is 0 Å². The zero-order valence-electron chi connectivity index (χ0n) is 11.4. The fraction of sp³-hybridized carbons (Fsp3) is 0.333. The molecule has 132 valence electrons. The van der Waals surface area contributed by atoms with E-state index in [0.717, 1.165) is 0 Å². The van der Waals surface area contributed by atoms with Crippen LogP contribution in [0.25, 0.3) is 0 Å². The van der Waals surface area contributed by atoms with Crippen LogP contribution < -0.4 is 0 Å². The van der Waals surface area contributed by atoms with Gasteiger partial charge in [-0.25, -0.2) is 0 Å². The molecule has 0 saturated carbocycles. The maximum Gasteiger partial charge on any atom is 0.0311 e. The molecule has 0 radical (unpaired) electrons. The van der Waals surface area contributed by atoms with Gasteiger partial charge in [-0.15, -0.1) is 0 Å². The molecule has 0 heterocycles. The first-order chi connectivity index (χ1) is 9.83. The number of allylic oxidation sites excluding steroid dienone is 2. The van der Waals surface area contributed by atoms with E-state index < -0.39 is 31.2 Å². The zero-order chi connectivity index (χ0) is 20.3. The van der Waals surface area contributed by atoms with Crippen molar-refractivity contribution >= 4 is 51.7 Å². The largest absolute Gasteiger partial charge is 0.759 e. The van der Waals surface area contributed by atoms with Crippen molar-refractivity contribution in [2.75, 3.05) is 0 Å². The van der Waals surface area contributed by atoms with E-state index in [-0.39, 0.29) is 0 Å². The Hall–Kier alpha value is -0.476. The van der Waals surface area contributed by atoms with Crippen molar-refractivity contribution in [3.63, 3.8) is 0 Å². The topological polar surface area (TPSA) is 241 Å². The minimum atomic E-state index is -5.17. The number of hydrogen-bond donors (Lipinski definition) is 0. The smallest absolute Gasteiger partial charge is 0.0311 e. The molecule has 0 amide bonds. The standard InChI is InChI=1S/2C3H5Si.3H2O4S/c2*1-2-3-4;3*1-5(2,3)4/h2*2-3H,1H3;3*(H2,1,2,3,4)/q2*+3;;;/p-6. The van der Waals surface area contributed by atoms with Gasteiger partial charge in [-0.3, -0.25) is 25.3 Å². The third-order valence-electron chi connectivity index (χ3n) is 0.333. The van der Waals surface area contributed by atoms with Gasteiger partial charge in [-0.1, -0.05) is 0 Å². The minimum absolute atomic E-state index is 1.81. The molecule has 0 rings (SSSR count). The number of rotatable bonds is 0. The molecule has 0 aromatic rings. The Morgan fingerprint density at radius 1 is 0.565 bits per heavy atom. The predicted octanol–water partition coefficient (Wildman–Crippen LogP) is -2.64. The normalized spacial score (nSPS) is 11.0. The Bertz CT molecular complexity index is 475. The molecule has 0 bridgehead atoms. The van der Waals surface area contributed by atoms with Crippen LogP contribution in [0.1, 0.15) is 13.8 Å². The predicted molar refractivity (Wildman–Crippen MR) is 72.6 cm³/mol. The fourth-order valence-electron chi connectivity index (χ4n) is 0. The second kappa shape index (κ2) is 19.6. The van der Waals surface area contributed by atoms with Gasteiger partial charge in [0.2, 0.25) is 0 Å². The van der Waals surface area contributed by atoms with Crippen LogP contribution >= 0.6 is 0 Å². The van der Waals surface area contributed by atoms with E-state index in [2.05, 4.69) is 20.5 Å². The summed E-state index contributed by atoms with van der Waals surface area (Å²) in [6, 6.07) is 0. The molecule has 0 aromatic carbocycles. The first-order valence-electron chi connectivity index (χ1n) is 4.40. The maximum absolute atomic E-state index is 8.52. The average molecular weight is 427 g/mol. The molecule has 12 nitrogen and oxygen atoms in total.